The van der Waals surface area contributed by atoms with Gasteiger partial charge in [0.2, 0.25) is 0 Å². The number of thioether (sulfide) groups is 1. The number of allylic oxidation sites excluding steroid dienone is 1. The topological polar surface area (TPSA) is 51.1 Å². The molecule has 0 spiro atoms. The van der Waals surface area contributed by atoms with Crippen molar-refractivity contribution >= 4 is 33.7 Å². The molecule has 0 N–H and O–H groups in total. The van der Waals surface area contributed by atoms with Crippen LogP contribution in [0.5, 0.6) is 5.75 Å². The number of carbonyl (C=O) groups is 1. The second kappa shape index (κ2) is 7.72. The van der Waals surface area contributed by atoms with Crippen LogP contribution in [0.2, 0.25) is 0 Å². The highest BCUT2D eigenvalue weighted by atomic mass is 32.2. The average Bonchev–Trinajstić information content (AvgIpc) is 3.15. The highest BCUT2D eigenvalue weighted by molar-refractivity contribution is 8.16. The van der Waals surface area contributed by atoms with Gasteiger partial charge in [-0.3, -0.25) is 0 Å². The quantitative estimate of drug-likeness (QED) is 0.668. The Hall–Kier alpha value is -2.73. The highest BCUT2D eigenvalue weighted by Gasteiger charge is 2.39. The molecule has 28 heavy (non-hydrogen) atoms. The standard InChI is InChI=1S/C22H22N2O3S/c1-4-26-17-11-10-15-8-6-7-9-16(15)19(17)20-18(21(25)27-5-2)14(3)23-22-24(20)12-13-28-22/h6-13,20H,4-5H2,1-3H3/t20-/m1/s1. The van der Waals surface area contributed by atoms with Crippen molar-refractivity contribution in [2.45, 2.75) is 26.8 Å². The lowest BCUT2D eigenvalue weighted by Gasteiger charge is -2.34. The third kappa shape index (κ3) is 3.07. The van der Waals surface area contributed by atoms with E-state index in [0.29, 0.717) is 24.5 Å². The molecular weight excluding hydrogens is 372 g/mol. The van der Waals surface area contributed by atoms with E-state index in [9.17, 15) is 4.79 Å². The number of hydrogen-bond donors (Lipinski definition) is 0. The van der Waals surface area contributed by atoms with Gasteiger partial charge in [0.15, 0.2) is 5.17 Å². The van der Waals surface area contributed by atoms with E-state index in [0.717, 1.165) is 27.3 Å². The van der Waals surface area contributed by atoms with Gasteiger partial charge in [0.1, 0.15) is 5.75 Å². The molecule has 2 heterocycles. The highest BCUT2D eigenvalue weighted by Crippen LogP contribution is 2.46. The molecule has 0 saturated carbocycles. The Morgan fingerprint density at radius 2 is 2.00 bits per heavy atom. The summed E-state index contributed by atoms with van der Waals surface area (Å²) in [5.41, 5.74) is 2.19. The van der Waals surface area contributed by atoms with Crippen LogP contribution in [0, 0.1) is 0 Å². The largest absolute Gasteiger partial charge is 0.493 e. The second-order valence-electron chi connectivity index (χ2n) is 6.46. The Kier molecular flexibility index (Phi) is 5.13. The first-order chi connectivity index (χ1) is 13.7. The van der Waals surface area contributed by atoms with Crippen LogP contribution >= 0.6 is 11.8 Å². The first kappa shape index (κ1) is 18.6. The Bertz CT molecular complexity index is 1030. The first-order valence-corrected chi connectivity index (χ1v) is 10.3. The lowest BCUT2D eigenvalue weighted by Crippen LogP contribution is -2.34. The van der Waals surface area contributed by atoms with E-state index in [1.807, 2.05) is 55.5 Å². The number of nitrogens with zero attached hydrogens (tertiary/aromatic N) is 2. The number of aliphatic imine (C=N–C) groups is 1. The molecule has 2 aromatic carbocycles. The van der Waals surface area contributed by atoms with Crippen molar-refractivity contribution in [3.8, 4) is 5.75 Å². The summed E-state index contributed by atoms with van der Waals surface area (Å²) in [6.07, 6.45) is 1.97. The predicted octanol–water partition coefficient (Wildman–Crippen LogP) is 5.01. The number of ether oxygens (including phenoxy) is 2. The summed E-state index contributed by atoms with van der Waals surface area (Å²) >= 11 is 1.55. The van der Waals surface area contributed by atoms with Crippen molar-refractivity contribution in [2.75, 3.05) is 13.2 Å². The summed E-state index contributed by atoms with van der Waals surface area (Å²) < 4.78 is 11.4. The number of fused-ring (bicyclic) bond motifs is 2. The molecule has 5 nitrogen and oxygen atoms in total. The maximum Gasteiger partial charge on any atom is 0.338 e. The van der Waals surface area contributed by atoms with Gasteiger partial charge in [-0.15, -0.1) is 0 Å². The maximum atomic E-state index is 12.9. The molecule has 2 aromatic rings. The zero-order valence-corrected chi connectivity index (χ0v) is 17.0. The predicted molar refractivity (Wildman–Crippen MR) is 113 cm³/mol. The zero-order chi connectivity index (χ0) is 19.7. The van der Waals surface area contributed by atoms with Gasteiger partial charge in [-0.2, -0.15) is 0 Å². The third-order valence-corrected chi connectivity index (χ3v) is 5.59. The van der Waals surface area contributed by atoms with Crippen LogP contribution in [-0.2, 0) is 9.53 Å². The van der Waals surface area contributed by atoms with Crippen LogP contribution in [0.15, 0.2) is 64.3 Å². The van der Waals surface area contributed by atoms with E-state index in [2.05, 4.69) is 23.2 Å². The fourth-order valence-corrected chi connectivity index (χ4v) is 4.48. The monoisotopic (exact) mass is 394 g/mol. The number of hydrogen-bond acceptors (Lipinski definition) is 6. The minimum absolute atomic E-state index is 0.317. The van der Waals surface area contributed by atoms with Gasteiger partial charge < -0.3 is 14.4 Å². The molecule has 6 heteroatoms. The fraction of sp³-hybridized carbons (Fsp3) is 0.273. The molecule has 4 rings (SSSR count). The molecule has 1 atom stereocenters. The smallest absolute Gasteiger partial charge is 0.338 e. The van der Waals surface area contributed by atoms with Gasteiger partial charge in [0.25, 0.3) is 0 Å². The molecule has 0 fully saturated rings. The average molecular weight is 394 g/mol. The molecule has 0 unspecified atom stereocenters. The van der Waals surface area contributed by atoms with Crippen molar-refractivity contribution in [1.29, 1.82) is 0 Å². The summed E-state index contributed by atoms with van der Waals surface area (Å²) in [6.45, 7) is 6.51. The molecule has 0 saturated heterocycles. The lowest BCUT2D eigenvalue weighted by molar-refractivity contribution is -0.139. The molecule has 0 radical (unpaired) electrons. The van der Waals surface area contributed by atoms with E-state index in [4.69, 9.17) is 9.47 Å². The Morgan fingerprint density at radius 3 is 2.79 bits per heavy atom. The summed E-state index contributed by atoms with van der Waals surface area (Å²) in [4.78, 5) is 19.6. The number of amidine groups is 1. The Labute approximate surface area is 168 Å². The first-order valence-electron chi connectivity index (χ1n) is 9.38. The van der Waals surface area contributed by atoms with E-state index >= 15 is 0 Å². The van der Waals surface area contributed by atoms with Crippen LogP contribution < -0.4 is 4.74 Å². The van der Waals surface area contributed by atoms with Crippen molar-refractivity contribution in [2.24, 2.45) is 4.99 Å². The molecular formula is C22H22N2O3S. The SMILES string of the molecule is CCOC(=O)C1=C(C)N=C2SC=CN2[C@H]1c1c(OCC)ccc2ccccc12. The minimum Gasteiger partial charge on any atom is -0.493 e. The summed E-state index contributed by atoms with van der Waals surface area (Å²) in [6, 6.07) is 11.8. The zero-order valence-electron chi connectivity index (χ0n) is 16.1. The molecule has 0 aromatic heterocycles. The van der Waals surface area contributed by atoms with Gasteiger partial charge in [0.05, 0.1) is 30.5 Å². The van der Waals surface area contributed by atoms with Crippen molar-refractivity contribution in [3.05, 3.63) is 64.8 Å². The van der Waals surface area contributed by atoms with Gasteiger partial charge in [-0.1, -0.05) is 42.1 Å². The van der Waals surface area contributed by atoms with Crippen molar-refractivity contribution in [3.63, 3.8) is 0 Å². The van der Waals surface area contributed by atoms with Crippen LogP contribution in [0.25, 0.3) is 10.8 Å². The Balaban J connectivity index is 1.99. The van der Waals surface area contributed by atoms with Crippen LogP contribution in [0.1, 0.15) is 32.4 Å². The molecule has 0 amide bonds. The van der Waals surface area contributed by atoms with Crippen LogP contribution in [-0.4, -0.2) is 29.3 Å². The summed E-state index contributed by atoms with van der Waals surface area (Å²) in [7, 11) is 0. The minimum atomic E-state index is -0.356. The maximum absolute atomic E-state index is 12.9. The van der Waals surface area contributed by atoms with Gasteiger partial charge in [-0.25, -0.2) is 9.79 Å². The second-order valence-corrected chi connectivity index (χ2v) is 7.33. The fourth-order valence-electron chi connectivity index (χ4n) is 3.69. The molecule has 0 bridgehead atoms. The summed E-state index contributed by atoms with van der Waals surface area (Å²) in [5, 5.41) is 4.99. The van der Waals surface area contributed by atoms with Crippen molar-refractivity contribution < 1.29 is 14.3 Å². The number of rotatable bonds is 5. The van der Waals surface area contributed by atoms with E-state index in [1.165, 1.54) is 0 Å². The van der Waals surface area contributed by atoms with Crippen LogP contribution in [0.3, 0.4) is 0 Å². The summed E-state index contributed by atoms with van der Waals surface area (Å²) in [5.74, 6) is 0.431. The van der Waals surface area contributed by atoms with Crippen LogP contribution in [0.4, 0.5) is 0 Å². The van der Waals surface area contributed by atoms with E-state index < -0.39 is 0 Å². The van der Waals surface area contributed by atoms with Gasteiger partial charge in [0, 0.05) is 11.8 Å². The molecule has 2 aliphatic heterocycles. The number of esters is 1. The van der Waals surface area contributed by atoms with E-state index in [-0.39, 0.29) is 12.0 Å². The third-order valence-electron chi connectivity index (χ3n) is 4.82. The van der Waals surface area contributed by atoms with Gasteiger partial charge in [-0.05, 0) is 43.0 Å². The molecule has 2 aliphatic rings. The number of benzene rings is 2. The molecule has 144 valence electrons. The normalized spacial score (nSPS) is 18.3. The van der Waals surface area contributed by atoms with Gasteiger partial charge >= 0.3 is 5.97 Å². The lowest BCUT2D eigenvalue weighted by atomic mass is 9.90. The molecule has 0 aliphatic carbocycles. The van der Waals surface area contributed by atoms with E-state index in [1.54, 1.807) is 11.8 Å². The van der Waals surface area contributed by atoms with Crippen molar-refractivity contribution in [1.82, 2.24) is 4.90 Å². The Morgan fingerprint density at radius 1 is 1.18 bits per heavy atom. The number of carbonyl (C=O) groups excluding carboxylic acids is 1.